The minimum absolute atomic E-state index is 0. The van der Waals surface area contributed by atoms with Crippen molar-refractivity contribution in [1.29, 1.82) is 0 Å². The van der Waals surface area contributed by atoms with E-state index in [1.54, 1.807) is 7.11 Å². The van der Waals surface area contributed by atoms with Crippen LogP contribution in [0.5, 0.6) is 0 Å². The number of guanidine groups is 1. The number of hydrogen-bond acceptors (Lipinski definition) is 2. The fraction of sp³-hybridized carbons (Fsp3) is 0.917. The van der Waals surface area contributed by atoms with E-state index >= 15 is 0 Å². The largest absolute Gasteiger partial charge is 0.383 e. The minimum Gasteiger partial charge on any atom is -0.383 e. The van der Waals surface area contributed by atoms with Gasteiger partial charge in [0.1, 0.15) is 0 Å². The van der Waals surface area contributed by atoms with Crippen LogP contribution in [0.25, 0.3) is 0 Å². The smallest absolute Gasteiger partial charge is 0.194 e. The standard InChI is InChI=1S/C12H25N3O.HI/c1-11(2)9-15(12(11,3)4)10(13-5)14-7-8-16-6;/h7-9H2,1-6H3,(H,13,14);1H. The molecule has 0 unspecified atom stereocenters. The molecule has 0 aromatic heterocycles. The third kappa shape index (κ3) is 3.24. The second kappa shape index (κ2) is 6.22. The van der Waals surface area contributed by atoms with Gasteiger partial charge in [-0.1, -0.05) is 13.8 Å². The van der Waals surface area contributed by atoms with E-state index in [1.807, 2.05) is 7.05 Å². The molecule has 0 radical (unpaired) electrons. The summed E-state index contributed by atoms with van der Waals surface area (Å²) in [5.41, 5.74) is 0.494. The van der Waals surface area contributed by atoms with E-state index in [0.717, 1.165) is 19.0 Å². The Labute approximate surface area is 122 Å². The van der Waals surface area contributed by atoms with E-state index in [2.05, 4.69) is 42.9 Å². The van der Waals surface area contributed by atoms with Crippen molar-refractivity contribution in [2.45, 2.75) is 33.2 Å². The van der Waals surface area contributed by atoms with Gasteiger partial charge in [0, 0.05) is 38.2 Å². The van der Waals surface area contributed by atoms with Gasteiger partial charge >= 0.3 is 0 Å². The first-order valence-electron chi connectivity index (χ1n) is 5.84. The van der Waals surface area contributed by atoms with Gasteiger partial charge in [-0.05, 0) is 13.8 Å². The maximum absolute atomic E-state index is 5.03. The van der Waals surface area contributed by atoms with Gasteiger partial charge in [-0.3, -0.25) is 4.99 Å². The molecule has 5 heteroatoms. The first kappa shape index (κ1) is 17.0. The average molecular weight is 355 g/mol. The quantitative estimate of drug-likeness (QED) is 0.364. The third-order valence-corrected chi connectivity index (χ3v) is 3.94. The Balaban J connectivity index is 0.00000256. The molecule has 102 valence electrons. The van der Waals surface area contributed by atoms with E-state index in [0.29, 0.717) is 12.0 Å². The van der Waals surface area contributed by atoms with Crippen molar-refractivity contribution in [2.75, 3.05) is 33.9 Å². The lowest BCUT2D eigenvalue weighted by molar-refractivity contribution is -0.0668. The second-order valence-corrected chi connectivity index (χ2v) is 5.50. The number of rotatable bonds is 3. The van der Waals surface area contributed by atoms with E-state index in [4.69, 9.17) is 4.74 Å². The van der Waals surface area contributed by atoms with Crippen molar-refractivity contribution in [3.63, 3.8) is 0 Å². The molecule has 0 aromatic rings. The summed E-state index contributed by atoms with van der Waals surface area (Å²) in [6, 6.07) is 0. The Morgan fingerprint density at radius 1 is 1.35 bits per heavy atom. The minimum atomic E-state index is 0. The molecule has 0 amide bonds. The summed E-state index contributed by atoms with van der Waals surface area (Å²) in [5.74, 6) is 0.973. The number of methoxy groups -OCH3 is 1. The zero-order chi connectivity index (χ0) is 12.4. The Bertz CT molecular complexity index is 277. The number of nitrogens with zero attached hydrogens (tertiary/aromatic N) is 2. The van der Waals surface area contributed by atoms with Gasteiger partial charge in [-0.2, -0.15) is 0 Å². The van der Waals surface area contributed by atoms with E-state index in [9.17, 15) is 0 Å². The van der Waals surface area contributed by atoms with Crippen molar-refractivity contribution in [3.05, 3.63) is 0 Å². The summed E-state index contributed by atoms with van der Waals surface area (Å²) >= 11 is 0. The first-order chi connectivity index (χ1) is 7.36. The number of nitrogens with one attached hydrogen (secondary N) is 1. The molecule has 0 atom stereocenters. The average Bonchev–Trinajstić information content (AvgIpc) is 2.22. The van der Waals surface area contributed by atoms with Gasteiger partial charge in [-0.15, -0.1) is 24.0 Å². The van der Waals surface area contributed by atoms with Crippen molar-refractivity contribution >= 4 is 29.9 Å². The Morgan fingerprint density at radius 2 is 1.94 bits per heavy atom. The summed E-state index contributed by atoms with van der Waals surface area (Å²) in [7, 11) is 3.54. The predicted octanol–water partition coefficient (Wildman–Crippen LogP) is 1.95. The van der Waals surface area contributed by atoms with E-state index in [1.165, 1.54) is 0 Å². The van der Waals surface area contributed by atoms with Crippen LogP contribution in [0.1, 0.15) is 27.7 Å². The SMILES string of the molecule is CN=C(NCCOC)N1CC(C)(C)C1(C)C.I. The van der Waals surface area contributed by atoms with Crippen molar-refractivity contribution in [1.82, 2.24) is 10.2 Å². The lowest BCUT2D eigenvalue weighted by Crippen LogP contribution is -2.72. The number of likely N-dealkylation sites (tertiary alicyclic amines) is 1. The highest BCUT2D eigenvalue weighted by molar-refractivity contribution is 14.0. The zero-order valence-electron chi connectivity index (χ0n) is 11.8. The summed E-state index contributed by atoms with van der Waals surface area (Å²) in [6.07, 6.45) is 0. The fourth-order valence-corrected chi connectivity index (χ4v) is 1.96. The van der Waals surface area contributed by atoms with E-state index in [-0.39, 0.29) is 29.5 Å². The topological polar surface area (TPSA) is 36.9 Å². The molecule has 0 saturated carbocycles. The van der Waals surface area contributed by atoms with Crippen molar-refractivity contribution in [2.24, 2.45) is 10.4 Å². The van der Waals surface area contributed by atoms with Crippen LogP contribution in [-0.4, -0.2) is 50.3 Å². The molecule has 1 fully saturated rings. The first-order valence-corrected chi connectivity index (χ1v) is 5.84. The molecule has 1 rings (SSSR count). The summed E-state index contributed by atoms with van der Waals surface area (Å²) in [5, 5.41) is 3.32. The maximum atomic E-state index is 5.03. The molecule has 0 aliphatic carbocycles. The second-order valence-electron chi connectivity index (χ2n) is 5.50. The van der Waals surface area contributed by atoms with Crippen LogP contribution in [0.2, 0.25) is 0 Å². The van der Waals surface area contributed by atoms with Crippen molar-refractivity contribution < 1.29 is 4.74 Å². The van der Waals surface area contributed by atoms with Gasteiger partial charge in [0.15, 0.2) is 5.96 Å². The Morgan fingerprint density at radius 3 is 2.29 bits per heavy atom. The summed E-state index contributed by atoms with van der Waals surface area (Å²) in [4.78, 5) is 6.64. The predicted molar refractivity (Wildman–Crippen MR) is 83.2 cm³/mol. The molecule has 1 saturated heterocycles. The van der Waals surface area contributed by atoms with Crippen LogP contribution < -0.4 is 5.32 Å². The molecule has 17 heavy (non-hydrogen) atoms. The van der Waals surface area contributed by atoms with Gasteiger partial charge < -0.3 is 15.0 Å². The molecule has 0 aromatic carbocycles. The number of halogens is 1. The fourth-order valence-electron chi connectivity index (χ4n) is 1.96. The Kier molecular flexibility index (Phi) is 6.21. The molecule has 1 aliphatic heterocycles. The van der Waals surface area contributed by atoms with Crippen LogP contribution in [0.4, 0.5) is 0 Å². The molecule has 0 bridgehead atoms. The summed E-state index contributed by atoms with van der Waals surface area (Å²) in [6.45, 7) is 11.7. The monoisotopic (exact) mass is 355 g/mol. The van der Waals surface area contributed by atoms with Gasteiger partial charge in [0.25, 0.3) is 0 Å². The normalized spacial score (nSPS) is 21.5. The highest BCUT2D eigenvalue weighted by atomic mass is 127. The summed E-state index contributed by atoms with van der Waals surface area (Å²) < 4.78 is 5.03. The molecular formula is C12H26IN3O. The van der Waals surface area contributed by atoms with Gasteiger partial charge in [0.05, 0.1) is 6.61 Å². The maximum Gasteiger partial charge on any atom is 0.194 e. The highest BCUT2D eigenvalue weighted by Crippen LogP contribution is 2.46. The number of hydrogen-bond donors (Lipinski definition) is 1. The van der Waals surface area contributed by atoms with Crippen LogP contribution in [0.15, 0.2) is 4.99 Å². The molecule has 1 aliphatic rings. The van der Waals surface area contributed by atoms with Crippen LogP contribution in [0, 0.1) is 5.41 Å². The van der Waals surface area contributed by atoms with Gasteiger partial charge in [0.2, 0.25) is 0 Å². The molecule has 1 N–H and O–H groups in total. The molecule has 0 spiro atoms. The molecule has 1 heterocycles. The number of ether oxygens (including phenoxy) is 1. The zero-order valence-corrected chi connectivity index (χ0v) is 14.2. The lowest BCUT2D eigenvalue weighted by atomic mass is 9.65. The Hall–Kier alpha value is -0.0400. The molecular weight excluding hydrogens is 329 g/mol. The molecule has 4 nitrogen and oxygen atoms in total. The third-order valence-electron chi connectivity index (χ3n) is 3.94. The van der Waals surface area contributed by atoms with Crippen LogP contribution >= 0.6 is 24.0 Å². The highest BCUT2D eigenvalue weighted by Gasteiger charge is 2.53. The number of aliphatic imine (C=N–C) groups is 1. The van der Waals surface area contributed by atoms with Gasteiger partial charge in [-0.25, -0.2) is 0 Å². The van der Waals surface area contributed by atoms with Crippen LogP contribution in [-0.2, 0) is 4.74 Å². The van der Waals surface area contributed by atoms with E-state index < -0.39 is 0 Å². The van der Waals surface area contributed by atoms with Crippen LogP contribution in [0.3, 0.4) is 0 Å². The van der Waals surface area contributed by atoms with Crippen molar-refractivity contribution in [3.8, 4) is 0 Å². The lowest BCUT2D eigenvalue weighted by Gasteiger charge is -2.62.